The molecule has 1 aromatic rings. The zero-order valence-corrected chi connectivity index (χ0v) is 14.6. The standard InChI is InChI=1S/C20H22N2O4/c1-11-14-9-22-7-6-20(18(23)12-4-2-3-5-16(12)21-20)17(22)8-13(14)15(10-26-11)19(24)25/h2-5,10-11,13-14,17,21H,6-9H2,1H3,(H,24,25)/t11-,13-,14+,17+,20-/m0/s1. The van der Waals surface area contributed by atoms with E-state index in [-0.39, 0.29) is 29.8 Å². The average Bonchev–Trinajstić information content (AvgIpc) is 3.13. The predicted molar refractivity (Wildman–Crippen MR) is 95.0 cm³/mol. The van der Waals surface area contributed by atoms with Gasteiger partial charge in [-0.1, -0.05) is 12.1 Å². The van der Waals surface area contributed by atoms with Crippen molar-refractivity contribution in [1.29, 1.82) is 0 Å². The molecule has 1 spiro atoms. The topological polar surface area (TPSA) is 78.9 Å². The van der Waals surface area contributed by atoms with E-state index in [1.54, 1.807) is 0 Å². The van der Waals surface area contributed by atoms with Gasteiger partial charge in [0.05, 0.1) is 17.9 Å². The van der Waals surface area contributed by atoms with Crippen molar-refractivity contribution in [3.8, 4) is 0 Å². The minimum atomic E-state index is -0.915. The summed E-state index contributed by atoms with van der Waals surface area (Å²) in [5.41, 5.74) is 1.37. The van der Waals surface area contributed by atoms with Crippen LogP contribution in [0.15, 0.2) is 36.1 Å². The first kappa shape index (κ1) is 15.9. The number of carbonyl (C=O) groups excluding carboxylic acids is 1. The molecule has 2 saturated heterocycles. The summed E-state index contributed by atoms with van der Waals surface area (Å²) < 4.78 is 5.61. The quantitative estimate of drug-likeness (QED) is 0.804. The van der Waals surface area contributed by atoms with Crippen LogP contribution in [-0.4, -0.2) is 52.5 Å². The molecule has 5 atom stereocenters. The Morgan fingerprint density at radius 2 is 2.19 bits per heavy atom. The Hall–Kier alpha value is -2.34. The van der Waals surface area contributed by atoms with Crippen molar-refractivity contribution in [2.75, 3.05) is 18.4 Å². The molecule has 2 N–H and O–H groups in total. The van der Waals surface area contributed by atoms with E-state index >= 15 is 0 Å². The van der Waals surface area contributed by atoms with Crippen LogP contribution >= 0.6 is 0 Å². The number of ketones is 1. The number of piperidine rings is 1. The highest BCUT2D eigenvalue weighted by Gasteiger charge is 2.60. The summed E-state index contributed by atoms with van der Waals surface area (Å²) in [5, 5.41) is 13.1. The number of hydrogen-bond acceptors (Lipinski definition) is 5. The van der Waals surface area contributed by atoms with Crippen molar-refractivity contribution in [3.05, 3.63) is 41.7 Å². The van der Waals surface area contributed by atoms with E-state index in [1.165, 1.54) is 6.26 Å². The van der Waals surface area contributed by atoms with Crippen LogP contribution in [0.25, 0.3) is 0 Å². The van der Waals surface area contributed by atoms with Crippen molar-refractivity contribution in [2.24, 2.45) is 11.8 Å². The molecule has 4 aliphatic rings. The number of hydrogen-bond donors (Lipinski definition) is 2. The monoisotopic (exact) mass is 354 g/mol. The molecule has 4 aliphatic heterocycles. The van der Waals surface area contributed by atoms with E-state index in [9.17, 15) is 14.7 Å². The smallest absolute Gasteiger partial charge is 0.334 e. The number of ether oxygens (including phenoxy) is 1. The molecule has 26 heavy (non-hydrogen) atoms. The van der Waals surface area contributed by atoms with E-state index < -0.39 is 11.5 Å². The maximum absolute atomic E-state index is 13.3. The summed E-state index contributed by atoms with van der Waals surface area (Å²) >= 11 is 0. The van der Waals surface area contributed by atoms with Crippen LogP contribution in [-0.2, 0) is 9.53 Å². The summed E-state index contributed by atoms with van der Waals surface area (Å²) in [6.07, 6.45) is 2.84. The molecule has 136 valence electrons. The lowest BCUT2D eigenvalue weighted by Gasteiger charge is -2.47. The SMILES string of the molecule is C[C@@H]1OC=C(C(=O)O)[C@H]2C[C@H]3N(CC[C@]34Nc3ccccc3C4=O)C[C@H]12. The minimum Gasteiger partial charge on any atom is -0.497 e. The minimum absolute atomic E-state index is 0.00923. The lowest BCUT2D eigenvalue weighted by molar-refractivity contribution is -0.135. The van der Waals surface area contributed by atoms with Gasteiger partial charge in [0, 0.05) is 42.2 Å². The van der Waals surface area contributed by atoms with Gasteiger partial charge in [0.1, 0.15) is 5.54 Å². The van der Waals surface area contributed by atoms with E-state index in [4.69, 9.17) is 4.74 Å². The molecule has 5 rings (SSSR count). The second kappa shape index (κ2) is 5.33. The van der Waals surface area contributed by atoms with E-state index in [2.05, 4.69) is 10.2 Å². The van der Waals surface area contributed by atoms with E-state index in [1.807, 2.05) is 31.2 Å². The Labute approximate surface area is 151 Å². The number of carboxylic acid groups (broad SMARTS) is 1. The van der Waals surface area contributed by atoms with Gasteiger partial charge in [-0.3, -0.25) is 9.69 Å². The molecule has 4 heterocycles. The summed E-state index contributed by atoms with van der Waals surface area (Å²) in [7, 11) is 0. The second-order valence-electron chi connectivity index (χ2n) is 7.96. The Bertz CT molecular complexity index is 835. The third-order valence-corrected chi connectivity index (χ3v) is 6.84. The molecule has 0 radical (unpaired) electrons. The van der Waals surface area contributed by atoms with Crippen LogP contribution < -0.4 is 5.32 Å². The van der Waals surface area contributed by atoms with Crippen molar-refractivity contribution in [1.82, 2.24) is 4.90 Å². The second-order valence-corrected chi connectivity index (χ2v) is 7.96. The van der Waals surface area contributed by atoms with Crippen LogP contribution in [0.5, 0.6) is 0 Å². The molecule has 0 saturated carbocycles. The van der Waals surface area contributed by atoms with Gasteiger partial charge in [0.15, 0.2) is 5.78 Å². The first-order chi connectivity index (χ1) is 12.5. The molecule has 0 amide bonds. The Morgan fingerprint density at radius 3 is 2.96 bits per heavy atom. The van der Waals surface area contributed by atoms with E-state index in [0.717, 1.165) is 30.8 Å². The number of carbonyl (C=O) groups is 2. The average molecular weight is 354 g/mol. The molecule has 1 aromatic carbocycles. The Balaban J connectivity index is 1.52. The van der Waals surface area contributed by atoms with E-state index in [0.29, 0.717) is 12.0 Å². The lowest BCUT2D eigenvalue weighted by Crippen LogP contribution is -2.59. The van der Waals surface area contributed by atoms with Gasteiger partial charge in [-0.25, -0.2) is 4.79 Å². The first-order valence-corrected chi connectivity index (χ1v) is 9.26. The number of nitrogens with zero attached hydrogens (tertiary/aromatic N) is 1. The number of fused-ring (bicyclic) bond motifs is 4. The van der Waals surface area contributed by atoms with Gasteiger partial charge >= 0.3 is 5.97 Å². The van der Waals surface area contributed by atoms with Crippen molar-refractivity contribution in [2.45, 2.75) is 37.5 Å². The lowest BCUT2D eigenvalue weighted by atomic mass is 9.70. The number of Topliss-reactive ketones (excluding diaryl/α,β-unsaturated/α-hetero) is 1. The zero-order chi connectivity index (χ0) is 18.1. The number of anilines is 1. The number of carboxylic acids is 1. The summed E-state index contributed by atoms with van der Waals surface area (Å²) in [5.74, 6) is -0.691. The molecule has 0 unspecified atom stereocenters. The van der Waals surface area contributed by atoms with Gasteiger partial charge in [-0.2, -0.15) is 0 Å². The number of rotatable bonds is 1. The van der Waals surface area contributed by atoms with Crippen LogP contribution in [0, 0.1) is 11.8 Å². The Morgan fingerprint density at radius 1 is 1.38 bits per heavy atom. The molecule has 6 nitrogen and oxygen atoms in total. The van der Waals surface area contributed by atoms with Crippen molar-refractivity contribution < 1.29 is 19.4 Å². The zero-order valence-electron chi connectivity index (χ0n) is 14.6. The third kappa shape index (κ3) is 1.96. The number of para-hydroxylation sites is 1. The Kier molecular flexibility index (Phi) is 3.26. The largest absolute Gasteiger partial charge is 0.497 e. The van der Waals surface area contributed by atoms with Crippen molar-refractivity contribution >= 4 is 17.4 Å². The molecule has 2 fully saturated rings. The number of nitrogens with one attached hydrogen (secondary N) is 1. The van der Waals surface area contributed by atoms with Crippen LogP contribution in [0.4, 0.5) is 5.69 Å². The highest BCUT2D eigenvalue weighted by molar-refractivity contribution is 6.14. The fraction of sp³-hybridized carbons (Fsp3) is 0.500. The summed E-state index contributed by atoms with van der Waals surface area (Å²) in [4.78, 5) is 27.4. The van der Waals surface area contributed by atoms with Gasteiger partial charge in [-0.15, -0.1) is 0 Å². The van der Waals surface area contributed by atoms with Crippen LogP contribution in [0.3, 0.4) is 0 Å². The fourth-order valence-corrected chi connectivity index (χ4v) is 5.49. The maximum Gasteiger partial charge on any atom is 0.334 e. The maximum atomic E-state index is 13.3. The molecule has 6 heteroatoms. The fourth-order valence-electron chi connectivity index (χ4n) is 5.49. The number of aliphatic carboxylic acids is 1. The van der Waals surface area contributed by atoms with Crippen molar-refractivity contribution in [3.63, 3.8) is 0 Å². The molecular formula is C20H22N2O4. The van der Waals surface area contributed by atoms with Crippen LogP contribution in [0.2, 0.25) is 0 Å². The van der Waals surface area contributed by atoms with Crippen LogP contribution in [0.1, 0.15) is 30.1 Å². The molecular weight excluding hydrogens is 332 g/mol. The number of benzene rings is 1. The summed E-state index contributed by atoms with van der Waals surface area (Å²) in [6, 6.07) is 7.68. The molecule has 0 bridgehead atoms. The highest BCUT2D eigenvalue weighted by Crippen LogP contribution is 2.49. The first-order valence-electron chi connectivity index (χ1n) is 9.26. The normalized spacial score (nSPS) is 38.0. The van der Waals surface area contributed by atoms with Gasteiger partial charge in [0.25, 0.3) is 0 Å². The van der Waals surface area contributed by atoms with Gasteiger partial charge in [0.2, 0.25) is 0 Å². The summed E-state index contributed by atoms with van der Waals surface area (Å²) in [6.45, 7) is 3.63. The van der Waals surface area contributed by atoms with Gasteiger partial charge < -0.3 is 15.2 Å². The predicted octanol–water partition coefficient (Wildman–Crippen LogP) is 2.13. The molecule has 0 aliphatic carbocycles. The van der Waals surface area contributed by atoms with Gasteiger partial charge in [-0.05, 0) is 31.9 Å². The highest BCUT2D eigenvalue weighted by atomic mass is 16.5. The third-order valence-electron chi connectivity index (χ3n) is 6.84. The molecule has 0 aromatic heterocycles.